The van der Waals surface area contributed by atoms with Crippen molar-refractivity contribution in [3.63, 3.8) is 0 Å². The third-order valence-electron chi connectivity index (χ3n) is 4.75. The van der Waals surface area contributed by atoms with Crippen LogP contribution in [0.1, 0.15) is 6.42 Å². The molecule has 6 nitrogen and oxygen atoms in total. The highest BCUT2D eigenvalue weighted by molar-refractivity contribution is 9.26. The second kappa shape index (κ2) is 5.37. The van der Waals surface area contributed by atoms with E-state index < -0.39 is 28.5 Å². The Morgan fingerprint density at radius 1 is 1.30 bits per heavy atom. The molecular weight excluding hydrogens is 376 g/mol. The summed E-state index contributed by atoms with van der Waals surface area (Å²) in [5, 5.41) is 20.3. The summed E-state index contributed by atoms with van der Waals surface area (Å²) >= 11 is 0. The molecular formula is C13H14N2O4S4. The fourth-order valence-electron chi connectivity index (χ4n) is 3.55. The number of fused-ring (bicyclic) bond motifs is 5. The summed E-state index contributed by atoms with van der Waals surface area (Å²) in [6.07, 6.45) is 4.84. The van der Waals surface area contributed by atoms with Crippen molar-refractivity contribution in [1.29, 1.82) is 0 Å². The van der Waals surface area contributed by atoms with Crippen LogP contribution in [0.5, 0.6) is 0 Å². The summed E-state index contributed by atoms with van der Waals surface area (Å²) in [4.78, 5) is 27.0. The molecule has 0 aromatic carbocycles. The van der Waals surface area contributed by atoms with Crippen LogP contribution < -0.4 is 0 Å². The number of likely N-dealkylation sites (N-methyl/N-ethyl adjacent to an activating group) is 1. The molecule has 0 aromatic heterocycles. The van der Waals surface area contributed by atoms with E-state index in [0.717, 1.165) is 5.57 Å². The minimum atomic E-state index is -1.34. The molecule has 1 spiro atoms. The maximum Gasteiger partial charge on any atom is 0.264 e. The molecule has 4 heterocycles. The van der Waals surface area contributed by atoms with Crippen LogP contribution in [0.15, 0.2) is 23.8 Å². The van der Waals surface area contributed by atoms with E-state index in [-0.39, 0.29) is 11.8 Å². The molecule has 4 saturated heterocycles. The number of rotatable bonds is 1. The van der Waals surface area contributed by atoms with Gasteiger partial charge in [-0.3, -0.25) is 9.59 Å². The van der Waals surface area contributed by atoms with E-state index in [0.29, 0.717) is 6.42 Å². The van der Waals surface area contributed by atoms with Crippen LogP contribution in [0.4, 0.5) is 0 Å². The number of amides is 2. The topological polar surface area (TPSA) is 81.1 Å². The number of aliphatic hydroxyl groups is 2. The summed E-state index contributed by atoms with van der Waals surface area (Å²) in [6, 6.07) is -0.534. The first-order valence-electron chi connectivity index (χ1n) is 6.96. The van der Waals surface area contributed by atoms with Gasteiger partial charge in [0.25, 0.3) is 11.8 Å². The van der Waals surface area contributed by atoms with Crippen LogP contribution in [0.2, 0.25) is 0 Å². The Morgan fingerprint density at radius 3 is 2.78 bits per heavy atom. The van der Waals surface area contributed by atoms with E-state index in [1.807, 2.05) is 6.08 Å². The summed E-state index contributed by atoms with van der Waals surface area (Å²) in [6.45, 7) is -0.457. The average Bonchev–Trinajstić information content (AvgIpc) is 2.88. The molecule has 5 rings (SSSR count). The van der Waals surface area contributed by atoms with Crippen molar-refractivity contribution in [2.24, 2.45) is 0 Å². The largest absolute Gasteiger partial charge is 0.392 e. The highest BCUT2D eigenvalue weighted by Crippen LogP contribution is 2.65. The first-order chi connectivity index (χ1) is 11.0. The van der Waals surface area contributed by atoms with E-state index in [9.17, 15) is 19.8 Å². The van der Waals surface area contributed by atoms with Gasteiger partial charge in [-0.2, -0.15) is 0 Å². The van der Waals surface area contributed by atoms with E-state index in [4.69, 9.17) is 0 Å². The molecule has 4 fully saturated rings. The molecule has 23 heavy (non-hydrogen) atoms. The van der Waals surface area contributed by atoms with Crippen molar-refractivity contribution < 1.29 is 19.8 Å². The van der Waals surface area contributed by atoms with E-state index in [1.165, 1.54) is 51.0 Å². The molecule has 10 heteroatoms. The highest BCUT2D eigenvalue weighted by atomic mass is 33.7. The molecule has 2 bridgehead atoms. The van der Waals surface area contributed by atoms with Gasteiger partial charge in [-0.1, -0.05) is 18.2 Å². The Labute approximate surface area is 148 Å². The number of carbonyl (C=O) groups excluding carboxylic acids is 2. The number of aliphatic hydroxyl groups excluding tert-OH is 2. The van der Waals surface area contributed by atoms with Gasteiger partial charge in [0.1, 0.15) is 0 Å². The molecule has 0 radical (unpaired) electrons. The highest BCUT2D eigenvalue weighted by Gasteiger charge is 2.69. The maximum absolute atomic E-state index is 13.3. The second-order valence-electron chi connectivity index (χ2n) is 5.81. The Kier molecular flexibility index (Phi) is 3.79. The molecule has 0 unspecified atom stereocenters. The zero-order valence-electron chi connectivity index (χ0n) is 12.0. The zero-order valence-corrected chi connectivity index (χ0v) is 15.3. The number of hydrogen-bond donors (Lipinski definition) is 2. The molecule has 4 atom stereocenters. The molecule has 4 aliphatic heterocycles. The number of nitrogens with zero attached hydrogens (tertiary/aromatic N) is 2. The van der Waals surface area contributed by atoms with Gasteiger partial charge in [0.15, 0.2) is 4.87 Å². The van der Waals surface area contributed by atoms with Gasteiger partial charge in [-0.15, -0.1) is 0 Å². The van der Waals surface area contributed by atoms with E-state index in [1.54, 1.807) is 19.2 Å². The molecule has 1 aliphatic carbocycles. The average molecular weight is 391 g/mol. The van der Waals surface area contributed by atoms with E-state index in [2.05, 4.69) is 0 Å². The quantitative estimate of drug-likeness (QED) is 0.642. The lowest BCUT2D eigenvalue weighted by molar-refractivity contribution is -0.167. The van der Waals surface area contributed by atoms with Gasteiger partial charge in [0.05, 0.1) is 18.8 Å². The zero-order chi connectivity index (χ0) is 16.4. The Morgan fingerprint density at radius 2 is 2.04 bits per heavy atom. The minimum absolute atomic E-state index is 0.195. The van der Waals surface area contributed by atoms with Crippen LogP contribution in [-0.4, -0.2) is 67.4 Å². The minimum Gasteiger partial charge on any atom is -0.392 e. The fraction of sp³-hybridized carbons (Fsp3) is 0.538. The Hall–Kier alpha value is -0.260. The fourth-order valence-corrected chi connectivity index (χ4v) is 11.2. The number of carbonyl (C=O) groups is 2. The van der Waals surface area contributed by atoms with Crippen molar-refractivity contribution >= 4 is 53.1 Å². The van der Waals surface area contributed by atoms with E-state index >= 15 is 0 Å². The van der Waals surface area contributed by atoms with Gasteiger partial charge < -0.3 is 20.0 Å². The second-order valence-corrected chi connectivity index (χ2v) is 12.0. The van der Waals surface area contributed by atoms with Gasteiger partial charge in [-0.05, 0) is 46.8 Å². The number of hydrogen-bond acceptors (Lipinski definition) is 8. The van der Waals surface area contributed by atoms with Gasteiger partial charge in [-0.25, -0.2) is 0 Å². The van der Waals surface area contributed by atoms with Crippen molar-refractivity contribution in [3.05, 3.63) is 23.8 Å². The molecule has 124 valence electrons. The van der Waals surface area contributed by atoms with Crippen molar-refractivity contribution in [1.82, 2.24) is 9.80 Å². The standard InChI is InChI=1S/C13H14N2O4S4/c1-14-10(18)12-5-7-3-2-4-8(17)9(7)15(12)11(19)13(14,6-16)21-23-22-20-12/h2-4,8-9,16-17H,5-6H2,1H3/t8-,9-,12+,13-/m0/s1. The van der Waals surface area contributed by atoms with Crippen LogP contribution in [-0.2, 0) is 9.59 Å². The Balaban J connectivity index is 1.92. The summed E-state index contributed by atoms with van der Waals surface area (Å²) in [7, 11) is 6.97. The third kappa shape index (κ3) is 1.90. The first-order valence-corrected chi connectivity index (χ1v) is 11.8. The summed E-state index contributed by atoms with van der Waals surface area (Å²) in [5.74, 6) is -0.505. The SMILES string of the molecule is CN1C(=O)[C@]23CC4=CC=C[C@H](O)[C@H]4N2C(=O)[C@]1(CO)SSSS3. The molecule has 2 N–H and O–H groups in total. The summed E-state index contributed by atoms with van der Waals surface area (Å²) in [5.41, 5.74) is 0.883. The molecule has 0 saturated carbocycles. The maximum atomic E-state index is 13.3. The predicted molar refractivity (Wildman–Crippen MR) is 94.2 cm³/mol. The van der Waals surface area contributed by atoms with Crippen molar-refractivity contribution in [2.45, 2.75) is 28.3 Å². The normalized spacial score (nSPS) is 42.3. The van der Waals surface area contributed by atoms with Crippen LogP contribution >= 0.6 is 41.2 Å². The monoisotopic (exact) mass is 390 g/mol. The lowest BCUT2D eigenvalue weighted by Gasteiger charge is -2.54. The van der Waals surface area contributed by atoms with Crippen LogP contribution in [0.3, 0.4) is 0 Å². The molecule has 5 aliphatic rings. The van der Waals surface area contributed by atoms with Gasteiger partial charge >= 0.3 is 0 Å². The lowest BCUT2D eigenvalue weighted by atomic mass is 9.97. The lowest BCUT2D eigenvalue weighted by Crippen LogP contribution is -2.74. The van der Waals surface area contributed by atoms with Crippen molar-refractivity contribution in [2.75, 3.05) is 13.7 Å². The van der Waals surface area contributed by atoms with Crippen LogP contribution in [0, 0.1) is 0 Å². The third-order valence-corrected chi connectivity index (χ3v) is 12.0. The van der Waals surface area contributed by atoms with Gasteiger partial charge in [0.2, 0.25) is 4.87 Å². The summed E-state index contributed by atoms with van der Waals surface area (Å²) < 4.78 is 0. The van der Waals surface area contributed by atoms with Gasteiger partial charge in [0, 0.05) is 13.5 Å². The molecule has 2 amide bonds. The van der Waals surface area contributed by atoms with Crippen LogP contribution in [0.25, 0.3) is 0 Å². The number of piperazine rings is 1. The number of allylic oxidation sites excluding steroid dienone is 2. The predicted octanol–water partition coefficient (Wildman–Crippen LogP) is 0.993. The smallest absolute Gasteiger partial charge is 0.264 e. The first kappa shape index (κ1) is 16.2. The molecule has 0 aromatic rings. The Bertz CT molecular complexity index is 656. The van der Waals surface area contributed by atoms with Crippen molar-refractivity contribution in [3.8, 4) is 0 Å².